The standard InChI is InChI=1S/C23H26O6/c1-23(2,22(27)29-16-18-11-7-4-8-12-18)14-19(13-20(24)25)21(26)28-15-17-9-5-3-6-10-17/h3-12,19H,13-16H2,1-2H3,(H,24,25). The molecule has 0 amide bonds. The third-order valence-electron chi connectivity index (χ3n) is 4.50. The van der Waals surface area contributed by atoms with E-state index in [0.29, 0.717) is 0 Å². The highest BCUT2D eigenvalue weighted by Crippen LogP contribution is 2.30. The summed E-state index contributed by atoms with van der Waals surface area (Å²) >= 11 is 0. The molecule has 0 saturated carbocycles. The summed E-state index contributed by atoms with van der Waals surface area (Å²) in [5.41, 5.74) is 0.609. The van der Waals surface area contributed by atoms with Crippen molar-refractivity contribution in [1.82, 2.24) is 0 Å². The third-order valence-corrected chi connectivity index (χ3v) is 4.50. The summed E-state index contributed by atoms with van der Waals surface area (Å²) in [5, 5.41) is 9.18. The van der Waals surface area contributed by atoms with E-state index in [4.69, 9.17) is 9.47 Å². The van der Waals surface area contributed by atoms with Gasteiger partial charge in [0.25, 0.3) is 0 Å². The molecule has 0 aliphatic rings. The fourth-order valence-electron chi connectivity index (χ4n) is 2.91. The number of aliphatic carboxylic acids is 1. The first-order valence-electron chi connectivity index (χ1n) is 9.41. The van der Waals surface area contributed by atoms with Crippen LogP contribution in [0.3, 0.4) is 0 Å². The molecule has 1 atom stereocenters. The van der Waals surface area contributed by atoms with Crippen molar-refractivity contribution in [3.05, 3.63) is 71.8 Å². The van der Waals surface area contributed by atoms with Gasteiger partial charge in [-0.1, -0.05) is 60.7 Å². The number of benzene rings is 2. The van der Waals surface area contributed by atoms with Crippen molar-refractivity contribution < 1.29 is 29.0 Å². The van der Waals surface area contributed by atoms with Crippen LogP contribution in [0, 0.1) is 11.3 Å². The van der Waals surface area contributed by atoms with Crippen LogP contribution in [-0.4, -0.2) is 23.0 Å². The summed E-state index contributed by atoms with van der Waals surface area (Å²) in [6.07, 6.45) is -0.399. The van der Waals surface area contributed by atoms with Gasteiger partial charge in [0.15, 0.2) is 0 Å². The quantitative estimate of drug-likeness (QED) is 0.609. The zero-order valence-corrected chi connectivity index (χ0v) is 16.7. The minimum atomic E-state index is -1.12. The van der Waals surface area contributed by atoms with Crippen molar-refractivity contribution in [3.63, 3.8) is 0 Å². The van der Waals surface area contributed by atoms with E-state index in [1.54, 1.807) is 13.8 Å². The van der Waals surface area contributed by atoms with E-state index in [1.807, 2.05) is 60.7 Å². The lowest BCUT2D eigenvalue weighted by Gasteiger charge is -2.26. The van der Waals surface area contributed by atoms with Crippen molar-refractivity contribution in [3.8, 4) is 0 Å². The average molecular weight is 398 g/mol. The van der Waals surface area contributed by atoms with Crippen LogP contribution in [0.2, 0.25) is 0 Å². The molecule has 0 saturated heterocycles. The lowest BCUT2D eigenvalue weighted by Crippen LogP contribution is -2.33. The van der Waals surface area contributed by atoms with Crippen LogP contribution in [-0.2, 0) is 37.1 Å². The topological polar surface area (TPSA) is 89.9 Å². The van der Waals surface area contributed by atoms with Gasteiger partial charge in [-0.25, -0.2) is 0 Å². The Bertz CT molecular complexity index is 814. The molecule has 0 aliphatic heterocycles. The Morgan fingerprint density at radius 1 is 0.862 bits per heavy atom. The predicted octanol–water partition coefficient (Wildman–Crippen LogP) is 3.98. The molecule has 0 aliphatic carbocycles. The highest BCUT2D eigenvalue weighted by molar-refractivity contribution is 5.81. The molecule has 1 unspecified atom stereocenters. The highest BCUT2D eigenvalue weighted by atomic mass is 16.5. The minimum absolute atomic E-state index is 0.0144. The SMILES string of the molecule is CC(C)(CC(CC(=O)O)C(=O)OCc1ccccc1)C(=O)OCc1ccccc1. The lowest BCUT2D eigenvalue weighted by molar-refractivity contribution is -0.161. The molecule has 2 rings (SSSR count). The van der Waals surface area contributed by atoms with Crippen LogP contribution in [0.5, 0.6) is 0 Å². The molecular weight excluding hydrogens is 372 g/mol. The van der Waals surface area contributed by atoms with Gasteiger partial charge in [-0.15, -0.1) is 0 Å². The van der Waals surface area contributed by atoms with E-state index >= 15 is 0 Å². The fourth-order valence-corrected chi connectivity index (χ4v) is 2.91. The van der Waals surface area contributed by atoms with Gasteiger partial charge in [-0.2, -0.15) is 0 Å². The molecule has 6 nitrogen and oxygen atoms in total. The normalized spacial score (nSPS) is 12.1. The first kappa shape index (κ1) is 22.1. The maximum atomic E-state index is 12.5. The summed E-state index contributed by atoms with van der Waals surface area (Å²) < 4.78 is 10.7. The maximum absolute atomic E-state index is 12.5. The summed E-state index contributed by atoms with van der Waals surface area (Å²) in [6.45, 7) is 3.44. The highest BCUT2D eigenvalue weighted by Gasteiger charge is 2.37. The van der Waals surface area contributed by atoms with Crippen molar-refractivity contribution in [2.75, 3.05) is 0 Å². The van der Waals surface area contributed by atoms with Crippen LogP contribution >= 0.6 is 0 Å². The summed E-state index contributed by atoms with van der Waals surface area (Å²) in [7, 11) is 0. The van der Waals surface area contributed by atoms with Gasteiger partial charge in [0.1, 0.15) is 13.2 Å². The minimum Gasteiger partial charge on any atom is -0.481 e. The number of hydrogen-bond acceptors (Lipinski definition) is 5. The number of esters is 2. The molecule has 29 heavy (non-hydrogen) atoms. The molecular formula is C23H26O6. The molecule has 2 aromatic carbocycles. The second-order valence-corrected chi connectivity index (χ2v) is 7.54. The molecule has 6 heteroatoms. The Morgan fingerprint density at radius 3 is 1.83 bits per heavy atom. The van der Waals surface area contributed by atoms with E-state index in [0.717, 1.165) is 11.1 Å². The van der Waals surface area contributed by atoms with Gasteiger partial charge >= 0.3 is 17.9 Å². The fraction of sp³-hybridized carbons (Fsp3) is 0.348. The molecule has 0 heterocycles. The monoisotopic (exact) mass is 398 g/mol. The van der Waals surface area contributed by atoms with Crippen LogP contribution in [0.1, 0.15) is 37.8 Å². The molecule has 1 N–H and O–H groups in total. The van der Waals surface area contributed by atoms with E-state index in [-0.39, 0.29) is 19.6 Å². The Hall–Kier alpha value is -3.15. The lowest BCUT2D eigenvalue weighted by atomic mass is 9.81. The van der Waals surface area contributed by atoms with E-state index in [2.05, 4.69) is 0 Å². The Morgan fingerprint density at radius 2 is 1.34 bits per heavy atom. The van der Waals surface area contributed by atoms with Crippen LogP contribution in [0.4, 0.5) is 0 Å². The second kappa shape index (κ2) is 10.4. The number of rotatable bonds is 10. The number of carbonyl (C=O) groups excluding carboxylic acids is 2. The Kier molecular flexibility index (Phi) is 7.95. The van der Waals surface area contributed by atoms with Crippen LogP contribution in [0.25, 0.3) is 0 Å². The molecule has 154 valence electrons. The van der Waals surface area contributed by atoms with E-state index < -0.39 is 35.7 Å². The smallest absolute Gasteiger partial charge is 0.311 e. The molecule has 2 aromatic rings. The first-order valence-corrected chi connectivity index (χ1v) is 9.41. The first-order chi connectivity index (χ1) is 13.8. The van der Waals surface area contributed by atoms with Crippen LogP contribution in [0.15, 0.2) is 60.7 Å². The Balaban J connectivity index is 1.97. The molecule has 0 fully saturated rings. The van der Waals surface area contributed by atoms with Gasteiger partial charge < -0.3 is 14.6 Å². The summed E-state index contributed by atoms with van der Waals surface area (Å²) in [4.78, 5) is 36.3. The van der Waals surface area contributed by atoms with Gasteiger partial charge in [0.2, 0.25) is 0 Å². The van der Waals surface area contributed by atoms with Crippen molar-refractivity contribution in [2.24, 2.45) is 11.3 Å². The largest absolute Gasteiger partial charge is 0.481 e. The second-order valence-electron chi connectivity index (χ2n) is 7.54. The van der Waals surface area contributed by atoms with Crippen molar-refractivity contribution in [1.29, 1.82) is 0 Å². The number of carbonyl (C=O) groups is 3. The van der Waals surface area contributed by atoms with Gasteiger partial charge in [0.05, 0.1) is 17.8 Å². The number of carboxylic acid groups (broad SMARTS) is 1. The number of carboxylic acids is 1. The molecule has 0 radical (unpaired) electrons. The molecule has 0 aromatic heterocycles. The molecule has 0 spiro atoms. The third kappa shape index (κ3) is 7.41. The van der Waals surface area contributed by atoms with Crippen molar-refractivity contribution in [2.45, 2.75) is 39.9 Å². The Labute approximate surface area is 170 Å². The van der Waals surface area contributed by atoms with Gasteiger partial charge in [-0.3, -0.25) is 14.4 Å². The summed E-state index contributed by atoms with van der Waals surface area (Å²) in [5.74, 6) is -3.21. The van der Waals surface area contributed by atoms with Crippen LogP contribution < -0.4 is 0 Å². The zero-order valence-electron chi connectivity index (χ0n) is 16.7. The summed E-state index contributed by atoms with van der Waals surface area (Å²) in [6, 6.07) is 18.4. The predicted molar refractivity (Wildman–Crippen MR) is 107 cm³/mol. The van der Waals surface area contributed by atoms with E-state index in [9.17, 15) is 19.5 Å². The average Bonchev–Trinajstić information content (AvgIpc) is 2.70. The zero-order chi connectivity index (χ0) is 21.3. The van der Waals surface area contributed by atoms with Gasteiger partial charge in [0, 0.05) is 0 Å². The molecule has 0 bridgehead atoms. The van der Waals surface area contributed by atoms with E-state index in [1.165, 1.54) is 0 Å². The maximum Gasteiger partial charge on any atom is 0.311 e. The number of hydrogen-bond donors (Lipinski definition) is 1. The van der Waals surface area contributed by atoms with Gasteiger partial charge in [-0.05, 0) is 31.4 Å². The number of ether oxygens (including phenoxy) is 2. The van der Waals surface area contributed by atoms with Crippen molar-refractivity contribution >= 4 is 17.9 Å².